The molecule has 0 bridgehead atoms. The van der Waals surface area contributed by atoms with E-state index in [4.69, 9.17) is 4.98 Å². The molecule has 1 N–H and O–H groups in total. The first-order valence-corrected chi connectivity index (χ1v) is 8.02. The van der Waals surface area contributed by atoms with E-state index in [1.54, 1.807) is 11.3 Å². The zero-order valence-electron chi connectivity index (χ0n) is 11.8. The predicted octanol–water partition coefficient (Wildman–Crippen LogP) is 3.58. The Labute approximate surface area is 115 Å². The molecule has 4 heteroatoms. The zero-order chi connectivity index (χ0) is 13.0. The number of hydrogen-bond donors (Lipinski definition) is 1. The van der Waals surface area contributed by atoms with E-state index in [2.05, 4.69) is 36.5 Å². The summed E-state index contributed by atoms with van der Waals surface area (Å²) in [4.78, 5) is 7.17. The third-order valence-corrected chi connectivity index (χ3v) is 4.78. The van der Waals surface area contributed by atoms with Crippen molar-refractivity contribution in [1.29, 1.82) is 0 Å². The molecule has 1 atom stereocenters. The molecule has 18 heavy (non-hydrogen) atoms. The van der Waals surface area contributed by atoms with Gasteiger partial charge in [-0.25, -0.2) is 4.98 Å². The van der Waals surface area contributed by atoms with Gasteiger partial charge in [-0.05, 0) is 32.7 Å². The number of nitrogens with zero attached hydrogens (tertiary/aromatic N) is 2. The Balaban J connectivity index is 1.96. The van der Waals surface area contributed by atoms with Gasteiger partial charge in [0.25, 0.3) is 0 Å². The van der Waals surface area contributed by atoms with Gasteiger partial charge in [0.15, 0.2) is 5.13 Å². The van der Waals surface area contributed by atoms with Gasteiger partial charge in [-0.1, -0.05) is 19.8 Å². The molecular weight excluding hydrogens is 242 g/mol. The molecule has 1 aliphatic carbocycles. The van der Waals surface area contributed by atoms with E-state index in [9.17, 15) is 0 Å². The van der Waals surface area contributed by atoms with Crippen LogP contribution in [0.2, 0.25) is 0 Å². The van der Waals surface area contributed by atoms with Gasteiger partial charge in [-0.15, -0.1) is 11.3 Å². The third-order valence-electron chi connectivity index (χ3n) is 3.83. The summed E-state index contributed by atoms with van der Waals surface area (Å²) in [5.74, 6) is 0. The van der Waals surface area contributed by atoms with Crippen molar-refractivity contribution in [2.75, 3.05) is 18.5 Å². The summed E-state index contributed by atoms with van der Waals surface area (Å²) in [5, 5.41) is 6.88. The molecule has 1 heterocycles. The highest BCUT2D eigenvalue weighted by Crippen LogP contribution is 2.30. The summed E-state index contributed by atoms with van der Waals surface area (Å²) in [7, 11) is 2.20. The monoisotopic (exact) mass is 267 g/mol. The first kappa shape index (κ1) is 13.8. The van der Waals surface area contributed by atoms with Crippen LogP contribution < -0.4 is 10.2 Å². The Hall–Kier alpha value is -0.610. The summed E-state index contributed by atoms with van der Waals surface area (Å²) in [6.45, 7) is 5.45. The van der Waals surface area contributed by atoms with E-state index in [1.807, 2.05) is 0 Å². The number of hydrogen-bond acceptors (Lipinski definition) is 4. The molecule has 0 aromatic carbocycles. The number of anilines is 1. The Morgan fingerprint density at radius 3 is 2.89 bits per heavy atom. The standard InChI is InChI=1S/C14H25N3S/c1-4-9-15-11(2)13-10-18-14(16-13)17(3)12-7-5-6-8-12/h10-12,15H,4-9H2,1-3H3. The lowest BCUT2D eigenvalue weighted by Crippen LogP contribution is -2.28. The highest BCUT2D eigenvalue weighted by Gasteiger charge is 2.22. The minimum Gasteiger partial charge on any atom is -0.348 e. The lowest BCUT2D eigenvalue weighted by atomic mass is 10.2. The maximum absolute atomic E-state index is 4.79. The van der Waals surface area contributed by atoms with Crippen molar-refractivity contribution in [3.8, 4) is 0 Å². The van der Waals surface area contributed by atoms with Crippen LogP contribution >= 0.6 is 11.3 Å². The molecule has 0 saturated heterocycles. The SMILES string of the molecule is CCCNC(C)c1csc(N(C)C2CCCC2)n1. The van der Waals surface area contributed by atoms with E-state index in [1.165, 1.54) is 42.9 Å². The average Bonchev–Trinajstić information content (AvgIpc) is 3.05. The van der Waals surface area contributed by atoms with Crippen molar-refractivity contribution >= 4 is 16.5 Å². The van der Waals surface area contributed by atoms with Crippen LogP contribution in [0.1, 0.15) is 57.7 Å². The molecule has 3 nitrogen and oxygen atoms in total. The van der Waals surface area contributed by atoms with Gasteiger partial charge in [0.1, 0.15) is 0 Å². The first-order valence-electron chi connectivity index (χ1n) is 7.14. The Morgan fingerprint density at radius 2 is 2.22 bits per heavy atom. The molecule has 1 aliphatic rings. The largest absolute Gasteiger partial charge is 0.348 e. The van der Waals surface area contributed by atoms with E-state index in [0.717, 1.165) is 6.54 Å². The van der Waals surface area contributed by atoms with Crippen LogP contribution in [-0.4, -0.2) is 24.6 Å². The van der Waals surface area contributed by atoms with Crippen LogP contribution in [0.5, 0.6) is 0 Å². The molecule has 1 saturated carbocycles. The van der Waals surface area contributed by atoms with Crippen LogP contribution in [0.15, 0.2) is 5.38 Å². The Morgan fingerprint density at radius 1 is 1.50 bits per heavy atom. The molecule has 0 aliphatic heterocycles. The second-order valence-electron chi connectivity index (χ2n) is 5.28. The normalized spacial score (nSPS) is 18.2. The number of nitrogens with one attached hydrogen (secondary N) is 1. The third kappa shape index (κ3) is 3.23. The predicted molar refractivity (Wildman–Crippen MR) is 79.5 cm³/mol. The Kier molecular flexibility index (Phi) is 5.01. The van der Waals surface area contributed by atoms with Gasteiger partial charge in [0, 0.05) is 24.5 Å². The number of aromatic nitrogens is 1. The second-order valence-corrected chi connectivity index (χ2v) is 6.12. The van der Waals surface area contributed by atoms with E-state index >= 15 is 0 Å². The van der Waals surface area contributed by atoms with E-state index < -0.39 is 0 Å². The zero-order valence-corrected chi connectivity index (χ0v) is 12.6. The highest BCUT2D eigenvalue weighted by molar-refractivity contribution is 7.13. The minimum atomic E-state index is 0.368. The van der Waals surface area contributed by atoms with Crippen molar-refractivity contribution in [3.05, 3.63) is 11.1 Å². The lowest BCUT2D eigenvalue weighted by molar-refractivity contribution is 0.559. The van der Waals surface area contributed by atoms with Crippen LogP contribution in [0, 0.1) is 0 Å². The van der Waals surface area contributed by atoms with Gasteiger partial charge in [-0.2, -0.15) is 0 Å². The van der Waals surface area contributed by atoms with E-state index in [0.29, 0.717) is 12.1 Å². The molecule has 1 aromatic rings. The summed E-state index contributed by atoms with van der Waals surface area (Å²) < 4.78 is 0. The maximum Gasteiger partial charge on any atom is 0.185 e. The van der Waals surface area contributed by atoms with Crippen molar-refractivity contribution in [2.45, 2.75) is 58.0 Å². The van der Waals surface area contributed by atoms with E-state index in [-0.39, 0.29) is 0 Å². The number of rotatable bonds is 6. The molecule has 102 valence electrons. The summed E-state index contributed by atoms with van der Waals surface area (Å²) in [6, 6.07) is 1.08. The van der Waals surface area contributed by atoms with Gasteiger partial charge < -0.3 is 10.2 Å². The smallest absolute Gasteiger partial charge is 0.185 e. The van der Waals surface area contributed by atoms with Crippen LogP contribution in [-0.2, 0) is 0 Å². The molecule has 1 fully saturated rings. The molecule has 0 radical (unpaired) electrons. The van der Waals surface area contributed by atoms with Gasteiger partial charge in [0.05, 0.1) is 5.69 Å². The molecular formula is C14H25N3S. The first-order chi connectivity index (χ1) is 8.72. The fourth-order valence-corrected chi connectivity index (χ4v) is 3.51. The summed E-state index contributed by atoms with van der Waals surface area (Å²) in [6.07, 6.45) is 6.58. The maximum atomic E-state index is 4.79. The van der Waals surface area contributed by atoms with Gasteiger partial charge >= 0.3 is 0 Å². The van der Waals surface area contributed by atoms with Crippen LogP contribution in [0.4, 0.5) is 5.13 Å². The van der Waals surface area contributed by atoms with Crippen molar-refractivity contribution < 1.29 is 0 Å². The summed E-state index contributed by atoms with van der Waals surface area (Å²) >= 11 is 1.78. The molecule has 0 spiro atoms. The molecule has 1 unspecified atom stereocenters. The highest BCUT2D eigenvalue weighted by atomic mass is 32.1. The minimum absolute atomic E-state index is 0.368. The molecule has 1 aromatic heterocycles. The fourth-order valence-electron chi connectivity index (χ4n) is 2.55. The average molecular weight is 267 g/mol. The molecule has 2 rings (SSSR count). The van der Waals surface area contributed by atoms with Gasteiger partial charge in [-0.3, -0.25) is 0 Å². The lowest BCUT2D eigenvalue weighted by Gasteiger charge is -2.23. The van der Waals surface area contributed by atoms with Crippen LogP contribution in [0.25, 0.3) is 0 Å². The summed E-state index contributed by atoms with van der Waals surface area (Å²) in [5.41, 5.74) is 1.19. The molecule has 0 amide bonds. The quantitative estimate of drug-likeness (QED) is 0.854. The van der Waals surface area contributed by atoms with Crippen molar-refractivity contribution in [3.63, 3.8) is 0 Å². The topological polar surface area (TPSA) is 28.2 Å². The van der Waals surface area contributed by atoms with Gasteiger partial charge in [0.2, 0.25) is 0 Å². The van der Waals surface area contributed by atoms with Crippen LogP contribution in [0.3, 0.4) is 0 Å². The number of thiazole rings is 1. The Bertz CT molecular complexity index is 358. The van der Waals surface area contributed by atoms with Crippen molar-refractivity contribution in [2.24, 2.45) is 0 Å². The van der Waals surface area contributed by atoms with Crippen molar-refractivity contribution in [1.82, 2.24) is 10.3 Å². The fraction of sp³-hybridized carbons (Fsp3) is 0.786. The second kappa shape index (κ2) is 6.53.